The first-order chi connectivity index (χ1) is 7.20. The molecule has 88 valence electrons. The van der Waals surface area contributed by atoms with Crippen molar-refractivity contribution in [3.8, 4) is 0 Å². The lowest BCUT2D eigenvalue weighted by Gasteiger charge is -2.04. The quantitative estimate of drug-likeness (QED) is 0.447. The summed E-state index contributed by atoms with van der Waals surface area (Å²) in [6.45, 7) is 3.31. The molecule has 0 unspecified atom stereocenters. The highest BCUT2D eigenvalue weighted by Crippen LogP contribution is 1.95. The van der Waals surface area contributed by atoms with Gasteiger partial charge in [0.05, 0.1) is 26.6 Å². The molecule has 15 heavy (non-hydrogen) atoms. The van der Waals surface area contributed by atoms with Crippen molar-refractivity contribution in [2.24, 2.45) is 0 Å². The van der Waals surface area contributed by atoms with Gasteiger partial charge in [-0.3, -0.25) is 9.59 Å². The molecule has 0 atom stereocenters. The van der Waals surface area contributed by atoms with Crippen LogP contribution in [0.2, 0.25) is 0 Å². The van der Waals surface area contributed by atoms with Crippen LogP contribution in [0.5, 0.6) is 0 Å². The van der Waals surface area contributed by atoms with Gasteiger partial charge in [0.2, 0.25) is 0 Å². The molecule has 0 saturated heterocycles. The standard InChI is InChI=1S/C10H18O5/c1-3-6-14-7-8-15-10(12)5-4-9(11)13-2/h3-8H2,1-2H3. The molecule has 0 N–H and O–H groups in total. The molecule has 5 heteroatoms. The Labute approximate surface area is 89.7 Å². The minimum Gasteiger partial charge on any atom is -0.469 e. The Hall–Kier alpha value is -1.10. The van der Waals surface area contributed by atoms with Gasteiger partial charge in [-0.2, -0.15) is 0 Å². The maximum absolute atomic E-state index is 11.0. The van der Waals surface area contributed by atoms with Gasteiger partial charge in [-0.1, -0.05) is 6.92 Å². The van der Waals surface area contributed by atoms with Crippen LogP contribution in [0.25, 0.3) is 0 Å². The zero-order valence-corrected chi connectivity index (χ0v) is 9.28. The molecule has 0 saturated carbocycles. The van der Waals surface area contributed by atoms with Crippen LogP contribution in [0, 0.1) is 0 Å². The predicted molar refractivity (Wildman–Crippen MR) is 53.3 cm³/mol. The van der Waals surface area contributed by atoms with E-state index in [2.05, 4.69) is 4.74 Å². The highest BCUT2D eigenvalue weighted by molar-refractivity contribution is 5.77. The number of esters is 2. The van der Waals surface area contributed by atoms with E-state index in [4.69, 9.17) is 9.47 Å². The van der Waals surface area contributed by atoms with Crippen LogP contribution in [0.15, 0.2) is 0 Å². The van der Waals surface area contributed by atoms with Crippen molar-refractivity contribution < 1.29 is 23.8 Å². The van der Waals surface area contributed by atoms with Gasteiger partial charge in [0.25, 0.3) is 0 Å². The molecule has 0 heterocycles. The van der Waals surface area contributed by atoms with E-state index in [-0.39, 0.29) is 19.4 Å². The molecule has 0 spiro atoms. The zero-order chi connectivity index (χ0) is 11.5. The molecule has 0 amide bonds. The molecule has 0 bridgehead atoms. The van der Waals surface area contributed by atoms with Gasteiger partial charge in [0.1, 0.15) is 6.61 Å². The lowest BCUT2D eigenvalue weighted by Crippen LogP contribution is -2.12. The van der Waals surface area contributed by atoms with E-state index in [1.165, 1.54) is 7.11 Å². The van der Waals surface area contributed by atoms with E-state index in [1.807, 2.05) is 6.92 Å². The van der Waals surface area contributed by atoms with Crippen molar-refractivity contribution in [1.82, 2.24) is 0 Å². The van der Waals surface area contributed by atoms with Crippen molar-refractivity contribution >= 4 is 11.9 Å². The Balaban J connectivity index is 3.30. The Kier molecular flexibility index (Phi) is 8.76. The Morgan fingerprint density at radius 2 is 1.67 bits per heavy atom. The van der Waals surface area contributed by atoms with E-state index >= 15 is 0 Å². The third kappa shape index (κ3) is 9.21. The average Bonchev–Trinajstić information content (AvgIpc) is 2.25. The zero-order valence-electron chi connectivity index (χ0n) is 9.28. The van der Waals surface area contributed by atoms with Crippen molar-refractivity contribution in [2.75, 3.05) is 26.9 Å². The minimum atomic E-state index is -0.408. The fourth-order valence-electron chi connectivity index (χ4n) is 0.839. The summed E-state index contributed by atoms with van der Waals surface area (Å²) in [5.41, 5.74) is 0. The first-order valence-corrected chi connectivity index (χ1v) is 5.00. The largest absolute Gasteiger partial charge is 0.469 e. The second-order valence-electron chi connectivity index (χ2n) is 2.91. The van der Waals surface area contributed by atoms with Crippen molar-refractivity contribution in [1.29, 1.82) is 0 Å². The maximum atomic E-state index is 11.0. The molecule has 0 aromatic carbocycles. The van der Waals surface area contributed by atoms with Gasteiger partial charge >= 0.3 is 11.9 Å². The molecule has 0 aliphatic rings. The minimum absolute atomic E-state index is 0.0560. The predicted octanol–water partition coefficient (Wildman–Crippen LogP) is 0.909. The second kappa shape index (κ2) is 9.45. The van der Waals surface area contributed by atoms with Gasteiger partial charge in [-0.15, -0.1) is 0 Å². The molecule has 0 fully saturated rings. The summed E-state index contributed by atoms with van der Waals surface area (Å²) in [6, 6.07) is 0. The van der Waals surface area contributed by atoms with Crippen LogP contribution < -0.4 is 0 Å². The third-order valence-corrected chi connectivity index (χ3v) is 1.60. The summed E-state index contributed by atoms with van der Waals surface area (Å²) in [5.74, 6) is -0.810. The van der Waals surface area contributed by atoms with Crippen LogP contribution in [0.1, 0.15) is 26.2 Å². The van der Waals surface area contributed by atoms with Crippen LogP contribution >= 0.6 is 0 Å². The number of carbonyl (C=O) groups is 2. The highest BCUT2D eigenvalue weighted by atomic mass is 16.6. The Bertz CT molecular complexity index is 190. The van der Waals surface area contributed by atoms with E-state index in [0.717, 1.165) is 6.42 Å². The summed E-state index contributed by atoms with van der Waals surface area (Å²) in [4.78, 5) is 21.7. The first kappa shape index (κ1) is 13.9. The molecule has 0 aliphatic carbocycles. The molecule has 0 aromatic heterocycles. The fourth-order valence-corrected chi connectivity index (χ4v) is 0.839. The number of ether oxygens (including phenoxy) is 3. The average molecular weight is 218 g/mol. The highest BCUT2D eigenvalue weighted by Gasteiger charge is 2.07. The monoisotopic (exact) mass is 218 g/mol. The van der Waals surface area contributed by atoms with Crippen molar-refractivity contribution in [3.63, 3.8) is 0 Å². The molecule has 0 rings (SSSR count). The van der Waals surface area contributed by atoms with Gasteiger partial charge in [-0.25, -0.2) is 0 Å². The summed E-state index contributed by atoms with van der Waals surface area (Å²) >= 11 is 0. The topological polar surface area (TPSA) is 61.8 Å². The smallest absolute Gasteiger partial charge is 0.306 e. The molecular formula is C10H18O5. The Morgan fingerprint density at radius 1 is 1.00 bits per heavy atom. The fraction of sp³-hybridized carbons (Fsp3) is 0.800. The molecule has 5 nitrogen and oxygen atoms in total. The van der Waals surface area contributed by atoms with Crippen LogP contribution in [-0.2, 0) is 23.8 Å². The number of hydrogen-bond donors (Lipinski definition) is 0. The number of methoxy groups -OCH3 is 1. The van der Waals surface area contributed by atoms with Gasteiger partial charge in [0.15, 0.2) is 0 Å². The summed E-state index contributed by atoms with van der Waals surface area (Å²) in [5, 5.41) is 0. The first-order valence-electron chi connectivity index (χ1n) is 5.00. The van der Waals surface area contributed by atoms with E-state index < -0.39 is 11.9 Å². The molecule has 0 aliphatic heterocycles. The summed E-state index contributed by atoms with van der Waals surface area (Å²) < 4.78 is 14.3. The van der Waals surface area contributed by atoms with Gasteiger partial charge in [0, 0.05) is 6.61 Å². The molecular weight excluding hydrogens is 200 g/mol. The van der Waals surface area contributed by atoms with Crippen LogP contribution in [0.3, 0.4) is 0 Å². The number of hydrogen-bond acceptors (Lipinski definition) is 5. The SMILES string of the molecule is CCCOCCOC(=O)CCC(=O)OC. The number of carbonyl (C=O) groups excluding carboxylic acids is 2. The van der Waals surface area contributed by atoms with E-state index in [0.29, 0.717) is 13.2 Å². The van der Waals surface area contributed by atoms with Crippen LogP contribution in [-0.4, -0.2) is 38.9 Å². The number of rotatable bonds is 8. The van der Waals surface area contributed by atoms with Crippen molar-refractivity contribution in [2.45, 2.75) is 26.2 Å². The summed E-state index contributed by atoms with van der Waals surface area (Å²) in [7, 11) is 1.28. The summed E-state index contributed by atoms with van der Waals surface area (Å²) in [6.07, 6.45) is 1.06. The second-order valence-corrected chi connectivity index (χ2v) is 2.91. The maximum Gasteiger partial charge on any atom is 0.306 e. The van der Waals surface area contributed by atoms with E-state index in [1.54, 1.807) is 0 Å². The lowest BCUT2D eigenvalue weighted by atomic mass is 10.3. The molecule has 0 aromatic rings. The van der Waals surface area contributed by atoms with Gasteiger partial charge in [-0.05, 0) is 6.42 Å². The third-order valence-electron chi connectivity index (χ3n) is 1.60. The molecule has 0 radical (unpaired) electrons. The lowest BCUT2D eigenvalue weighted by molar-refractivity contribution is -0.149. The van der Waals surface area contributed by atoms with Crippen molar-refractivity contribution in [3.05, 3.63) is 0 Å². The Morgan fingerprint density at radius 3 is 2.27 bits per heavy atom. The van der Waals surface area contributed by atoms with Crippen LogP contribution in [0.4, 0.5) is 0 Å². The van der Waals surface area contributed by atoms with Gasteiger partial charge < -0.3 is 14.2 Å². The van der Waals surface area contributed by atoms with E-state index in [9.17, 15) is 9.59 Å². The normalized spacial score (nSPS) is 9.73.